The van der Waals surface area contributed by atoms with Crippen molar-refractivity contribution in [2.45, 2.75) is 32.9 Å². The molecule has 2 aromatic rings. The second-order valence-electron chi connectivity index (χ2n) is 7.47. The van der Waals surface area contributed by atoms with Crippen LogP contribution in [0, 0.1) is 0 Å². The summed E-state index contributed by atoms with van der Waals surface area (Å²) in [4.78, 5) is 27.0. The number of thiocarbonyl (C=S) groups is 1. The maximum Gasteiger partial charge on any atom is 0.338 e. The van der Waals surface area contributed by atoms with Gasteiger partial charge in [-0.3, -0.25) is 0 Å². The molecule has 3 rings (SSSR count). The lowest BCUT2D eigenvalue weighted by Gasteiger charge is -2.35. The quantitative estimate of drug-likeness (QED) is 0.474. The molecule has 0 aromatic heterocycles. The molecule has 7 nitrogen and oxygen atoms in total. The first-order valence-corrected chi connectivity index (χ1v) is 10.4. The predicted octanol–water partition coefficient (Wildman–Crippen LogP) is 4.42. The first-order valence-electron chi connectivity index (χ1n) is 9.95. The SMILES string of the molecule is CC1=C(C(=O)OC(C)C)C(c2cccc(NC(=O)Nc3ccccc3)c2)NC(=S)N1C. The van der Waals surface area contributed by atoms with Gasteiger partial charge in [-0.15, -0.1) is 0 Å². The second kappa shape index (κ2) is 9.61. The van der Waals surface area contributed by atoms with Gasteiger partial charge in [0.1, 0.15) is 0 Å². The van der Waals surface area contributed by atoms with E-state index in [1.54, 1.807) is 30.1 Å². The molecule has 0 saturated heterocycles. The Morgan fingerprint density at radius 2 is 1.71 bits per heavy atom. The van der Waals surface area contributed by atoms with E-state index < -0.39 is 12.0 Å². The van der Waals surface area contributed by atoms with Gasteiger partial charge in [0.2, 0.25) is 0 Å². The van der Waals surface area contributed by atoms with Crippen LogP contribution in [0.25, 0.3) is 0 Å². The fourth-order valence-electron chi connectivity index (χ4n) is 3.24. The smallest absolute Gasteiger partial charge is 0.338 e. The minimum Gasteiger partial charge on any atom is -0.459 e. The summed E-state index contributed by atoms with van der Waals surface area (Å²) in [6, 6.07) is 15.6. The van der Waals surface area contributed by atoms with Crippen molar-refractivity contribution in [1.82, 2.24) is 10.2 Å². The lowest BCUT2D eigenvalue weighted by molar-refractivity contribution is -0.143. The largest absolute Gasteiger partial charge is 0.459 e. The highest BCUT2D eigenvalue weighted by atomic mass is 32.1. The third-order valence-electron chi connectivity index (χ3n) is 4.83. The van der Waals surface area contributed by atoms with E-state index in [2.05, 4.69) is 16.0 Å². The van der Waals surface area contributed by atoms with Gasteiger partial charge in [-0.1, -0.05) is 30.3 Å². The van der Waals surface area contributed by atoms with Crippen molar-refractivity contribution in [1.29, 1.82) is 0 Å². The molecule has 0 spiro atoms. The molecule has 1 aliphatic rings. The van der Waals surface area contributed by atoms with Crippen LogP contribution in [0.5, 0.6) is 0 Å². The summed E-state index contributed by atoms with van der Waals surface area (Å²) in [6.45, 7) is 5.46. The van der Waals surface area contributed by atoms with E-state index in [0.29, 0.717) is 22.1 Å². The summed E-state index contributed by atoms with van der Waals surface area (Å²) in [7, 11) is 1.80. The minimum atomic E-state index is -0.492. The summed E-state index contributed by atoms with van der Waals surface area (Å²) in [5.41, 5.74) is 3.26. The third kappa shape index (κ3) is 5.40. The molecule has 1 heterocycles. The van der Waals surface area contributed by atoms with Crippen LogP contribution in [0.4, 0.5) is 16.2 Å². The van der Waals surface area contributed by atoms with E-state index in [0.717, 1.165) is 11.3 Å². The van der Waals surface area contributed by atoms with Gasteiger partial charge in [-0.25, -0.2) is 9.59 Å². The fourth-order valence-corrected chi connectivity index (χ4v) is 3.49. The molecule has 2 amide bonds. The standard InChI is InChI=1S/C23H26N4O3S/c1-14(2)30-21(28)19-15(3)27(4)23(31)26-20(19)16-9-8-12-18(13-16)25-22(29)24-17-10-6-5-7-11-17/h5-14,20H,1-4H3,(H,26,31)(H2,24,25,29). The Balaban J connectivity index is 1.86. The number of hydrogen-bond donors (Lipinski definition) is 3. The molecule has 0 aliphatic carbocycles. The number of anilines is 2. The van der Waals surface area contributed by atoms with Gasteiger partial charge in [0.05, 0.1) is 17.7 Å². The number of nitrogens with zero attached hydrogens (tertiary/aromatic N) is 1. The van der Waals surface area contributed by atoms with Crippen molar-refractivity contribution in [3.05, 3.63) is 71.4 Å². The fraction of sp³-hybridized carbons (Fsp3) is 0.261. The lowest BCUT2D eigenvalue weighted by atomic mass is 9.94. The molecule has 1 unspecified atom stereocenters. The van der Waals surface area contributed by atoms with Crippen LogP contribution in [-0.2, 0) is 9.53 Å². The number of ether oxygens (including phenoxy) is 1. The van der Waals surface area contributed by atoms with E-state index in [1.165, 1.54) is 0 Å². The Bertz CT molecular complexity index is 1020. The van der Waals surface area contributed by atoms with E-state index in [1.807, 2.05) is 57.2 Å². The summed E-state index contributed by atoms with van der Waals surface area (Å²) in [6.07, 6.45) is -0.248. The number of carbonyl (C=O) groups excluding carboxylic acids is 2. The summed E-state index contributed by atoms with van der Waals surface area (Å²) >= 11 is 5.43. The summed E-state index contributed by atoms with van der Waals surface area (Å²) < 4.78 is 5.47. The van der Waals surface area contributed by atoms with Gasteiger partial charge >= 0.3 is 12.0 Å². The third-order valence-corrected chi connectivity index (χ3v) is 5.22. The number of rotatable bonds is 5. The normalized spacial score (nSPS) is 16.1. The predicted molar refractivity (Wildman–Crippen MR) is 126 cm³/mol. The molecule has 0 radical (unpaired) electrons. The average Bonchev–Trinajstić information content (AvgIpc) is 2.72. The van der Waals surface area contributed by atoms with Gasteiger partial charge < -0.3 is 25.6 Å². The topological polar surface area (TPSA) is 82.7 Å². The van der Waals surface area contributed by atoms with Crippen molar-refractivity contribution in [3.63, 3.8) is 0 Å². The lowest BCUT2D eigenvalue weighted by Crippen LogP contribution is -2.46. The molecule has 0 fully saturated rings. The summed E-state index contributed by atoms with van der Waals surface area (Å²) in [5, 5.41) is 9.32. The maximum atomic E-state index is 12.9. The average molecular weight is 439 g/mol. The number of nitrogens with one attached hydrogen (secondary N) is 3. The van der Waals surface area contributed by atoms with Crippen LogP contribution >= 0.6 is 12.2 Å². The molecule has 162 valence electrons. The van der Waals surface area contributed by atoms with E-state index in [4.69, 9.17) is 17.0 Å². The van der Waals surface area contributed by atoms with Gasteiger partial charge in [0.25, 0.3) is 0 Å². The zero-order valence-electron chi connectivity index (χ0n) is 17.9. The highest BCUT2D eigenvalue weighted by molar-refractivity contribution is 7.80. The summed E-state index contributed by atoms with van der Waals surface area (Å²) in [5.74, 6) is -0.403. The van der Waals surface area contributed by atoms with Crippen LogP contribution in [-0.4, -0.2) is 35.2 Å². The number of amides is 2. The molecule has 2 aromatic carbocycles. The zero-order valence-corrected chi connectivity index (χ0v) is 18.7. The van der Waals surface area contributed by atoms with Crippen molar-refractivity contribution >= 4 is 40.7 Å². The van der Waals surface area contributed by atoms with Gasteiger partial charge in [0.15, 0.2) is 5.11 Å². The molecular weight excluding hydrogens is 412 g/mol. The number of allylic oxidation sites excluding steroid dienone is 1. The molecule has 0 bridgehead atoms. The van der Waals surface area contributed by atoms with Crippen molar-refractivity contribution in [3.8, 4) is 0 Å². The highest BCUT2D eigenvalue weighted by Crippen LogP contribution is 2.32. The zero-order chi connectivity index (χ0) is 22.5. The maximum absolute atomic E-state index is 12.9. The van der Waals surface area contributed by atoms with Gasteiger partial charge in [-0.2, -0.15) is 0 Å². The molecule has 31 heavy (non-hydrogen) atoms. The number of carbonyl (C=O) groups is 2. The Morgan fingerprint density at radius 1 is 1.06 bits per heavy atom. The number of esters is 1. The van der Waals surface area contributed by atoms with Crippen molar-refractivity contribution < 1.29 is 14.3 Å². The number of urea groups is 1. The van der Waals surface area contributed by atoms with E-state index in [9.17, 15) is 9.59 Å². The minimum absolute atomic E-state index is 0.248. The first kappa shape index (κ1) is 22.3. The Morgan fingerprint density at radius 3 is 2.39 bits per heavy atom. The number of hydrogen-bond acceptors (Lipinski definition) is 4. The van der Waals surface area contributed by atoms with Crippen molar-refractivity contribution in [2.24, 2.45) is 0 Å². The van der Waals surface area contributed by atoms with E-state index >= 15 is 0 Å². The highest BCUT2D eigenvalue weighted by Gasteiger charge is 2.34. The molecule has 1 atom stereocenters. The molecule has 1 aliphatic heterocycles. The molecule has 8 heteroatoms. The molecule has 3 N–H and O–H groups in total. The van der Waals surface area contributed by atoms with Crippen LogP contribution < -0.4 is 16.0 Å². The van der Waals surface area contributed by atoms with Crippen LogP contribution in [0.1, 0.15) is 32.4 Å². The second-order valence-corrected chi connectivity index (χ2v) is 7.85. The van der Waals surface area contributed by atoms with Gasteiger partial charge in [-0.05, 0) is 62.8 Å². The monoisotopic (exact) mass is 438 g/mol. The number of benzene rings is 2. The van der Waals surface area contributed by atoms with Crippen molar-refractivity contribution in [2.75, 3.05) is 17.7 Å². The molecular formula is C23H26N4O3S. The Kier molecular flexibility index (Phi) is 6.91. The molecule has 0 saturated carbocycles. The first-order chi connectivity index (χ1) is 14.8. The van der Waals surface area contributed by atoms with Crippen LogP contribution in [0.15, 0.2) is 65.9 Å². The van der Waals surface area contributed by atoms with E-state index in [-0.39, 0.29) is 12.1 Å². The van der Waals surface area contributed by atoms with Crippen LogP contribution in [0.2, 0.25) is 0 Å². The Labute approximate surface area is 187 Å². The van der Waals surface area contributed by atoms with Gasteiger partial charge in [0, 0.05) is 24.1 Å². The number of para-hydroxylation sites is 1. The van der Waals surface area contributed by atoms with Crippen LogP contribution in [0.3, 0.4) is 0 Å². The Hall–Kier alpha value is -3.39.